The minimum Gasteiger partial charge on any atom is -0.454 e. The molecule has 26 heavy (non-hydrogen) atoms. The van der Waals surface area contributed by atoms with Gasteiger partial charge in [0.1, 0.15) is 5.54 Å². The van der Waals surface area contributed by atoms with Gasteiger partial charge >= 0.3 is 6.03 Å². The van der Waals surface area contributed by atoms with Gasteiger partial charge in [-0.25, -0.2) is 4.79 Å². The number of amides is 3. The van der Waals surface area contributed by atoms with Crippen LogP contribution in [0, 0.1) is 0 Å². The highest BCUT2D eigenvalue weighted by atomic mass is 35.5. The molecule has 2 aromatic carbocycles. The van der Waals surface area contributed by atoms with Crippen LogP contribution in [-0.2, 0) is 17.8 Å². The Morgan fingerprint density at radius 1 is 1.08 bits per heavy atom. The van der Waals surface area contributed by atoms with Crippen molar-refractivity contribution < 1.29 is 19.1 Å². The number of carbonyl (C=O) groups excluding carboxylic acids is 2. The molecule has 0 unspecified atom stereocenters. The number of nitrogens with zero attached hydrogens (tertiary/aromatic N) is 1. The van der Waals surface area contributed by atoms with Crippen molar-refractivity contribution in [1.29, 1.82) is 0 Å². The third kappa shape index (κ3) is 2.97. The normalized spacial score (nSPS) is 21.2. The molecule has 0 saturated carbocycles. The Morgan fingerprint density at radius 2 is 1.77 bits per heavy atom. The molecule has 2 aliphatic rings. The summed E-state index contributed by atoms with van der Waals surface area (Å²) in [6.45, 7) is 2.14. The van der Waals surface area contributed by atoms with Crippen LogP contribution in [0.25, 0.3) is 0 Å². The van der Waals surface area contributed by atoms with Gasteiger partial charge in [0.05, 0.1) is 6.54 Å². The van der Waals surface area contributed by atoms with Crippen LogP contribution in [0.3, 0.4) is 0 Å². The molecule has 2 aromatic rings. The highest BCUT2D eigenvalue weighted by Gasteiger charge is 2.47. The van der Waals surface area contributed by atoms with Gasteiger partial charge in [0.15, 0.2) is 11.5 Å². The second kappa shape index (κ2) is 6.21. The summed E-state index contributed by atoms with van der Waals surface area (Å²) >= 11 is 5.88. The summed E-state index contributed by atoms with van der Waals surface area (Å²) in [6.07, 6.45) is 0.366. The second-order valence-electron chi connectivity index (χ2n) is 6.64. The maximum absolute atomic E-state index is 12.9. The molecule has 134 valence electrons. The summed E-state index contributed by atoms with van der Waals surface area (Å²) < 4.78 is 10.7. The van der Waals surface area contributed by atoms with E-state index < -0.39 is 11.6 Å². The molecule has 0 aliphatic carbocycles. The third-order valence-electron chi connectivity index (χ3n) is 4.59. The monoisotopic (exact) mass is 372 g/mol. The number of nitrogens with one attached hydrogen (secondary N) is 1. The lowest BCUT2D eigenvalue weighted by atomic mass is 9.92. The van der Waals surface area contributed by atoms with Gasteiger partial charge in [0.25, 0.3) is 5.91 Å². The Morgan fingerprint density at radius 3 is 2.54 bits per heavy atom. The topological polar surface area (TPSA) is 67.9 Å². The van der Waals surface area contributed by atoms with Crippen molar-refractivity contribution in [2.24, 2.45) is 0 Å². The number of halogens is 1. The Kier molecular flexibility index (Phi) is 4.00. The van der Waals surface area contributed by atoms with Gasteiger partial charge in [-0.15, -0.1) is 0 Å². The highest BCUT2D eigenvalue weighted by molar-refractivity contribution is 6.30. The molecule has 4 rings (SSSR count). The van der Waals surface area contributed by atoms with Crippen LogP contribution in [0.5, 0.6) is 11.5 Å². The number of ether oxygens (including phenoxy) is 2. The predicted octanol–water partition coefficient (Wildman–Crippen LogP) is 3.12. The Labute approximate surface area is 155 Å². The fourth-order valence-electron chi connectivity index (χ4n) is 3.24. The van der Waals surface area contributed by atoms with Crippen LogP contribution >= 0.6 is 11.6 Å². The molecule has 0 radical (unpaired) electrons. The predicted molar refractivity (Wildman–Crippen MR) is 95.2 cm³/mol. The molecular formula is C19H17ClN2O4. The fourth-order valence-corrected chi connectivity index (χ4v) is 3.37. The van der Waals surface area contributed by atoms with Gasteiger partial charge in [-0.1, -0.05) is 29.8 Å². The Hall–Kier alpha value is -2.73. The molecule has 1 fully saturated rings. The van der Waals surface area contributed by atoms with E-state index in [0.29, 0.717) is 22.9 Å². The molecular weight excluding hydrogens is 356 g/mol. The van der Waals surface area contributed by atoms with Crippen molar-refractivity contribution in [3.8, 4) is 11.5 Å². The van der Waals surface area contributed by atoms with E-state index in [-0.39, 0.29) is 19.2 Å². The van der Waals surface area contributed by atoms with E-state index in [4.69, 9.17) is 21.1 Å². The zero-order chi connectivity index (χ0) is 18.3. The Bertz CT molecular complexity index is 884. The number of fused-ring (bicyclic) bond motifs is 1. The van der Waals surface area contributed by atoms with E-state index in [0.717, 1.165) is 11.1 Å². The smallest absolute Gasteiger partial charge is 0.325 e. The van der Waals surface area contributed by atoms with Crippen molar-refractivity contribution in [3.63, 3.8) is 0 Å². The van der Waals surface area contributed by atoms with Crippen molar-refractivity contribution in [1.82, 2.24) is 10.2 Å². The first-order chi connectivity index (χ1) is 12.4. The van der Waals surface area contributed by atoms with Crippen LogP contribution in [0.4, 0.5) is 4.79 Å². The fraction of sp³-hybridized carbons (Fsp3) is 0.263. The molecule has 0 aromatic heterocycles. The lowest BCUT2D eigenvalue weighted by molar-refractivity contribution is -0.131. The molecule has 1 N–H and O–H groups in total. The summed E-state index contributed by atoms with van der Waals surface area (Å²) in [5.41, 5.74) is 0.723. The van der Waals surface area contributed by atoms with E-state index in [1.165, 1.54) is 4.90 Å². The minimum atomic E-state index is -1.00. The molecule has 6 nitrogen and oxygen atoms in total. The molecule has 1 atom stereocenters. The highest BCUT2D eigenvalue weighted by Crippen LogP contribution is 2.34. The number of imide groups is 1. The van der Waals surface area contributed by atoms with Crippen LogP contribution in [0.1, 0.15) is 18.1 Å². The van der Waals surface area contributed by atoms with Crippen LogP contribution in [-0.4, -0.2) is 29.2 Å². The number of carbonyl (C=O) groups is 2. The van der Waals surface area contributed by atoms with E-state index in [1.807, 2.05) is 18.2 Å². The second-order valence-corrected chi connectivity index (χ2v) is 7.08. The molecule has 1 saturated heterocycles. The summed E-state index contributed by atoms with van der Waals surface area (Å²) in [5.74, 6) is 1.08. The first-order valence-electron chi connectivity index (χ1n) is 8.22. The van der Waals surface area contributed by atoms with E-state index >= 15 is 0 Å². The number of hydrogen-bond acceptors (Lipinski definition) is 4. The maximum atomic E-state index is 12.9. The third-order valence-corrected chi connectivity index (χ3v) is 4.85. The summed E-state index contributed by atoms with van der Waals surface area (Å²) in [6, 6.07) is 12.2. The van der Waals surface area contributed by atoms with Crippen molar-refractivity contribution in [2.75, 3.05) is 6.79 Å². The number of urea groups is 1. The Balaban J connectivity index is 1.52. The maximum Gasteiger partial charge on any atom is 0.325 e. The van der Waals surface area contributed by atoms with E-state index in [9.17, 15) is 9.59 Å². The molecule has 2 aliphatic heterocycles. The van der Waals surface area contributed by atoms with Crippen LogP contribution in [0.15, 0.2) is 42.5 Å². The van der Waals surface area contributed by atoms with E-state index in [2.05, 4.69) is 5.32 Å². The minimum absolute atomic E-state index is 0.195. The summed E-state index contributed by atoms with van der Waals surface area (Å²) in [7, 11) is 0. The average molecular weight is 373 g/mol. The zero-order valence-corrected chi connectivity index (χ0v) is 14.9. The first kappa shape index (κ1) is 16.7. The number of rotatable bonds is 4. The van der Waals surface area contributed by atoms with Gasteiger partial charge in [0, 0.05) is 11.4 Å². The van der Waals surface area contributed by atoms with Gasteiger partial charge in [-0.2, -0.15) is 0 Å². The van der Waals surface area contributed by atoms with Gasteiger partial charge in [0.2, 0.25) is 6.79 Å². The SMILES string of the molecule is C[C@]1(Cc2ccc3c(c2)OCO3)NC(=O)N(Cc2ccc(Cl)cc2)C1=O. The summed E-state index contributed by atoms with van der Waals surface area (Å²) in [4.78, 5) is 26.5. The van der Waals surface area contributed by atoms with E-state index in [1.54, 1.807) is 31.2 Å². The lowest BCUT2D eigenvalue weighted by Gasteiger charge is -2.22. The first-order valence-corrected chi connectivity index (χ1v) is 8.59. The zero-order valence-electron chi connectivity index (χ0n) is 14.1. The molecule has 0 bridgehead atoms. The number of hydrogen-bond donors (Lipinski definition) is 1. The molecule has 2 heterocycles. The summed E-state index contributed by atoms with van der Waals surface area (Å²) in [5, 5.41) is 3.43. The van der Waals surface area contributed by atoms with Crippen molar-refractivity contribution >= 4 is 23.5 Å². The quantitative estimate of drug-likeness (QED) is 0.837. The standard InChI is InChI=1S/C19H17ClN2O4/c1-19(9-13-4-7-15-16(8-13)26-11-25-15)17(23)22(18(24)21-19)10-12-2-5-14(20)6-3-12/h2-8H,9-11H2,1H3,(H,21,24)/t19-/m1/s1. The van der Waals surface area contributed by atoms with Crippen molar-refractivity contribution in [2.45, 2.75) is 25.4 Å². The average Bonchev–Trinajstić information content (AvgIpc) is 3.15. The van der Waals surface area contributed by atoms with Crippen LogP contribution in [0.2, 0.25) is 5.02 Å². The van der Waals surface area contributed by atoms with Crippen LogP contribution < -0.4 is 14.8 Å². The molecule has 0 spiro atoms. The van der Waals surface area contributed by atoms with Gasteiger partial charge in [-0.3, -0.25) is 9.69 Å². The van der Waals surface area contributed by atoms with Gasteiger partial charge in [-0.05, 0) is 42.3 Å². The van der Waals surface area contributed by atoms with Crippen molar-refractivity contribution in [3.05, 3.63) is 58.6 Å². The molecule has 7 heteroatoms. The number of benzene rings is 2. The van der Waals surface area contributed by atoms with Gasteiger partial charge < -0.3 is 14.8 Å². The lowest BCUT2D eigenvalue weighted by Crippen LogP contribution is -2.45. The largest absolute Gasteiger partial charge is 0.454 e. The molecule has 3 amide bonds.